The van der Waals surface area contributed by atoms with Gasteiger partial charge in [-0.25, -0.2) is 0 Å². The van der Waals surface area contributed by atoms with Crippen molar-refractivity contribution in [3.05, 3.63) is 29.8 Å². The first-order valence-electron chi connectivity index (χ1n) is 5.45. The molecule has 1 nitrogen and oxygen atoms in total. The largest absolute Gasteiger partial charge is 0.396 e. The molecule has 1 heterocycles. The van der Waals surface area contributed by atoms with E-state index in [-0.39, 0.29) is 12.0 Å². The van der Waals surface area contributed by atoms with Crippen molar-refractivity contribution in [2.24, 2.45) is 5.41 Å². The maximum Gasteiger partial charge on any atom is 0.0482 e. The van der Waals surface area contributed by atoms with Gasteiger partial charge >= 0.3 is 0 Å². The van der Waals surface area contributed by atoms with E-state index in [1.165, 1.54) is 16.2 Å². The van der Waals surface area contributed by atoms with E-state index < -0.39 is 0 Å². The average Bonchev–Trinajstić information content (AvgIpc) is 2.62. The Morgan fingerprint density at radius 2 is 2.13 bits per heavy atom. The summed E-state index contributed by atoms with van der Waals surface area (Å²) in [5, 5.41) is 9.30. The summed E-state index contributed by atoms with van der Waals surface area (Å²) < 4.78 is 0. The summed E-state index contributed by atoms with van der Waals surface area (Å²) in [4.78, 5) is 1.43. The Morgan fingerprint density at radius 1 is 1.40 bits per heavy atom. The Hall–Kier alpha value is -0.470. The van der Waals surface area contributed by atoms with Gasteiger partial charge in [-0.3, -0.25) is 0 Å². The molecule has 1 atom stereocenters. The molecule has 0 bridgehead atoms. The third-order valence-electron chi connectivity index (χ3n) is 3.03. The number of hydrogen-bond donors (Lipinski definition) is 1. The Balaban J connectivity index is 2.14. The molecule has 1 aliphatic rings. The smallest absolute Gasteiger partial charge is 0.0482 e. The number of thioether (sulfide) groups is 1. The summed E-state index contributed by atoms with van der Waals surface area (Å²) >= 11 is 1.95. The fourth-order valence-corrected chi connectivity index (χ4v) is 3.38. The highest BCUT2D eigenvalue weighted by molar-refractivity contribution is 7.99. The summed E-state index contributed by atoms with van der Waals surface area (Å²) in [6.45, 7) is 4.55. The van der Waals surface area contributed by atoms with Crippen LogP contribution in [-0.2, 0) is 0 Å². The molecule has 0 aliphatic carbocycles. The average molecular weight is 222 g/mol. The number of rotatable bonds is 3. The van der Waals surface area contributed by atoms with Crippen LogP contribution in [0.25, 0.3) is 0 Å². The van der Waals surface area contributed by atoms with E-state index in [1.807, 2.05) is 11.8 Å². The lowest BCUT2D eigenvalue weighted by Crippen LogP contribution is -2.20. The van der Waals surface area contributed by atoms with Gasteiger partial charge in [-0.15, -0.1) is 11.8 Å². The molecule has 2 heteroatoms. The van der Waals surface area contributed by atoms with E-state index in [0.29, 0.717) is 5.92 Å². The molecule has 0 fully saturated rings. The maximum atomic E-state index is 9.30. The van der Waals surface area contributed by atoms with Crippen LogP contribution in [0.15, 0.2) is 29.2 Å². The SMILES string of the molecule is CC(C)(CO)CC1CSc2ccccc21. The van der Waals surface area contributed by atoms with E-state index in [0.717, 1.165) is 6.42 Å². The molecule has 1 aliphatic heterocycles. The number of aliphatic hydroxyl groups excluding tert-OH is 1. The molecule has 0 amide bonds. The molecular formula is C13H18OS. The zero-order valence-corrected chi connectivity index (χ0v) is 10.2. The molecule has 0 aromatic heterocycles. The van der Waals surface area contributed by atoms with Crippen LogP contribution in [0.3, 0.4) is 0 Å². The molecule has 1 unspecified atom stereocenters. The minimum Gasteiger partial charge on any atom is -0.396 e. The normalized spacial score (nSPS) is 20.3. The number of fused-ring (bicyclic) bond motifs is 1. The minimum absolute atomic E-state index is 0.0443. The van der Waals surface area contributed by atoms with Gasteiger partial charge in [-0.05, 0) is 29.4 Å². The summed E-state index contributed by atoms with van der Waals surface area (Å²) in [5.41, 5.74) is 1.52. The van der Waals surface area contributed by atoms with Crippen LogP contribution >= 0.6 is 11.8 Å². The van der Waals surface area contributed by atoms with Crippen LogP contribution in [0, 0.1) is 5.41 Å². The number of aliphatic hydroxyl groups is 1. The molecule has 0 spiro atoms. The van der Waals surface area contributed by atoms with E-state index in [1.54, 1.807) is 0 Å². The maximum absolute atomic E-state index is 9.30. The second kappa shape index (κ2) is 4.18. The van der Waals surface area contributed by atoms with E-state index in [2.05, 4.69) is 38.1 Å². The Bertz CT molecular complexity index is 346. The van der Waals surface area contributed by atoms with E-state index >= 15 is 0 Å². The molecular weight excluding hydrogens is 204 g/mol. The van der Waals surface area contributed by atoms with Gasteiger partial charge in [0.15, 0.2) is 0 Å². The fourth-order valence-electron chi connectivity index (χ4n) is 2.13. The molecule has 82 valence electrons. The van der Waals surface area contributed by atoms with Crippen molar-refractivity contribution < 1.29 is 5.11 Å². The Kier molecular flexibility index (Phi) is 3.08. The van der Waals surface area contributed by atoms with Gasteiger partial charge in [0.1, 0.15) is 0 Å². The first kappa shape index (κ1) is 11.0. The molecule has 15 heavy (non-hydrogen) atoms. The summed E-state index contributed by atoms with van der Waals surface area (Å²) in [6, 6.07) is 8.65. The standard InChI is InChI=1S/C13H18OS/c1-13(2,9-14)7-10-8-15-12-6-4-3-5-11(10)12/h3-6,10,14H,7-9H2,1-2H3. The zero-order chi connectivity index (χ0) is 10.9. The fraction of sp³-hybridized carbons (Fsp3) is 0.538. The van der Waals surface area contributed by atoms with Gasteiger partial charge in [-0.2, -0.15) is 0 Å². The molecule has 1 N–H and O–H groups in total. The van der Waals surface area contributed by atoms with Crippen molar-refractivity contribution in [2.45, 2.75) is 31.1 Å². The quantitative estimate of drug-likeness (QED) is 0.847. The zero-order valence-electron chi connectivity index (χ0n) is 9.36. The second-order valence-electron chi connectivity index (χ2n) is 5.07. The number of hydrogen-bond acceptors (Lipinski definition) is 2. The lowest BCUT2D eigenvalue weighted by atomic mass is 9.81. The lowest BCUT2D eigenvalue weighted by Gasteiger charge is -2.25. The van der Waals surface area contributed by atoms with Crippen molar-refractivity contribution in [3.8, 4) is 0 Å². The topological polar surface area (TPSA) is 20.2 Å². The molecule has 0 radical (unpaired) electrons. The first-order chi connectivity index (χ1) is 7.12. The van der Waals surface area contributed by atoms with Crippen molar-refractivity contribution in [2.75, 3.05) is 12.4 Å². The van der Waals surface area contributed by atoms with E-state index in [9.17, 15) is 5.11 Å². The Morgan fingerprint density at radius 3 is 2.87 bits per heavy atom. The minimum atomic E-state index is 0.0443. The monoisotopic (exact) mass is 222 g/mol. The second-order valence-corrected chi connectivity index (χ2v) is 6.13. The summed E-state index contributed by atoms with van der Waals surface area (Å²) in [5.74, 6) is 1.79. The van der Waals surface area contributed by atoms with E-state index in [4.69, 9.17) is 0 Å². The lowest BCUT2D eigenvalue weighted by molar-refractivity contribution is 0.144. The highest BCUT2D eigenvalue weighted by Gasteiger charge is 2.28. The van der Waals surface area contributed by atoms with Crippen LogP contribution < -0.4 is 0 Å². The van der Waals surface area contributed by atoms with Crippen LogP contribution in [0.2, 0.25) is 0 Å². The van der Waals surface area contributed by atoms with Gasteiger partial charge < -0.3 is 5.11 Å². The Labute approximate surface area is 95.9 Å². The van der Waals surface area contributed by atoms with Crippen molar-refractivity contribution in [3.63, 3.8) is 0 Å². The van der Waals surface area contributed by atoms with Crippen molar-refractivity contribution >= 4 is 11.8 Å². The van der Waals surface area contributed by atoms with Crippen LogP contribution in [-0.4, -0.2) is 17.5 Å². The first-order valence-corrected chi connectivity index (χ1v) is 6.43. The number of benzene rings is 1. The van der Waals surface area contributed by atoms with Gasteiger partial charge in [0.05, 0.1) is 0 Å². The molecule has 2 rings (SSSR count). The van der Waals surface area contributed by atoms with Gasteiger partial charge in [-0.1, -0.05) is 32.0 Å². The van der Waals surface area contributed by atoms with Crippen molar-refractivity contribution in [1.29, 1.82) is 0 Å². The molecule has 1 aromatic carbocycles. The van der Waals surface area contributed by atoms with Crippen LogP contribution in [0.1, 0.15) is 31.7 Å². The van der Waals surface area contributed by atoms with Gasteiger partial charge in [0, 0.05) is 17.3 Å². The third-order valence-corrected chi connectivity index (χ3v) is 4.28. The third kappa shape index (κ3) is 2.37. The highest BCUT2D eigenvalue weighted by Crippen LogP contribution is 2.44. The van der Waals surface area contributed by atoms with Gasteiger partial charge in [0.25, 0.3) is 0 Å². The summed E-state index contributed by atoms with van der Waals surface area (Å²) in [7, 11) is 0. The van der Waals surface area contributed by atoms with Crippen LogP contribution in [0.4, 0.5) is 0 Å². The van der Waals surface area contributed by atoms with Gasteiger partial charge in [0.2, 0.25) is 0 Å². The predicted molar refractivity (Wildman–Crippen MR) is 65.4 cm³/mol. The summed E-state index contributed by atoms with van der Waals surface area (Å²) in [6.07, 6.45) is 1.08. The highest BCUT2D eigenvalue weighted by atomic mass is 32.2. The molecule has 1 aromatic rings. The molecule has 0 saturated heterocycles. The predicted octanol–water partition coefficient (Wildman–Crippen LogP) is 3.28. The van der Waals surface area contributed by atoms with Crippen molar-refractivity contribution in [1.82, 2.24) is 0 Å². The van der Waals surface area contributed by atoms with Crippen LogP contribution in [0.5, 0.6) is 0 Å². The molecule has 0 saturated carbocycles.